The van der Waals surface area contributed by atoms with Crippen molar-refractivity contribution in [3.63, 3.8) is 0 Å². The van der Waals surface area contributed by atoms with Crippen molar-refractivity contribution in [2.24, 2.45) is 17.1 Å². The van der Waals surface area contributed by atoms with E-state index in [4.69, 9.17) is 5.73 Å². The summed E-state index contributed by atoms with van der Waals surface area (Å²) in [6.45, 7) is 10.6. The van der Waals surface area contributed by atoms with Crippen LogP contribution in [0.2, 0.25) is 0 Å². The van der Waals surface area contributed by atoms with Gasteiger partial charge in [-0.3, -0.25) is 4.79 Å². The van der Waals surface area contributed by atoms with Crippen molar-refractivity contribution < 1.29 is 4.79 Å². The summed E-state index contributed by atoms with van der Waals surface area (Å²) >= 11 is 0. The van der Waals surface area contributed by atoms with E-state index in [9.17, 15) is 4.79 Å². The molecule has 0 saturated carbocycles. The minimum Gasteiger partial charge on any atom is -0.327 e. The van der Waals surface area contributed by atoms with Crippen molar-refractivity contribution in [2.75, 3.05) is 0 Å². The second-order valence-corrected chi connectivity index (χ2v) is 5.71. The molecular formula is C13H27NO. The zero-order valence-corrected chi connectivity index (χ0v) is 11.0. The Morgan fingerprint density at radius 2 is 1.67 bits per heavy atom. The lowest BCUT2D eigenvalue weighted by molar-refractivity contribution is -0.123. The molecule has 0 aliphatic rings. The van der Waals surface area contributed by atoms with Crippen LogP contribution < -0.4 is 5.73 Å². The molecule has 0 spiro atoms. The molecule has 0 radical (unpaired) electrons. The van der Waals surface area contributed by atoms with Gasteiger partial charge in [0.15, 0.2) is 0 Å². The predicted molar refractivity (Wildman–Crippen MR) is 65.7 cm³/mol. The normalized spacial score (nSPS) is 14.3. The summed E-state index contributed by atoms with van der Waals surface area (Å²) in [6.07, 6.45) is 3.34. The molecule has 0 aliphatic heterocycles. The van der Waals surface area contributed by atoms with Crippen LogP contribution >= 0.6 is 0 Å². The molecule has 2 heteroatoms. The molecule has 0 aromatic heterocycles. The molecule has 2 N–H and O–H groups in total. The van der Waals surface area contributed by atoms with E-state index in [2.05, 4.69) is 34.6 Å². The van der Waals surface area contributed by atoms with Crippen LogP contribution in [0, 0.1) is 11.3 Å². The highest BCUT2D eigenvalue weighted by Gasteiger charge is 2.21. The average Bonchev–Trinajstić information content (AvgIpc) is 2.02. The molecule has 0 aromatic carbocycles. The third-order valence-electron chi connectivity index (χ3n) is 2.78. The van der Waals surface area contributed by atoms with Crippen LogP contribution in [0.1, 0.15) is 60.3 Å². The van der Waals surface area contributed by atoms with Crippen LogP contribution in [0.15, 0.2) is 0 Å². The maximum atomic E-state index is 11.8. The molecule has 90 valence electrons. The van der Waals surface area contributed by atoms with Crippen molar-refractivity contribution in [1.29, 1.82) is 0 Å². The number of hydrogen-bond acceptors (Lipinski definition) is 2. The Morgan fingerprint density at radius 3 is 2.00 bits per heavy atom. The molecule has 15 heavy (non-hydrogen) atoms. The Balaban J connectivity index is 4.06. The quantitative estimate of drug-likeness (QED) is 0.736. The Hall–Kier alpha value is -0.370. The first-order chi connectivity index (χ1) is 6.80. The van der Waals surface area contributed by atoms with Gasteiger partial charge in [-0.1, -0.05) is 34.6 Å². The molecule has 0 aliphatic carbocycles. The number of ketones is 1. The summed E-state index contributed by atoms with van der Waals surface area (Å²) in [6, 6.07) is 0.0260. The van der Waals surface area contributed by atoms with Gasteiger partial charge in [-0.25, -0.2) is 0 Å². The molecule has 0 rings (SSSR count). The topological polar surface area (TPSA) is 43.1 Å². The first kappa shape index (κ1) is 14.6. The van der Waals surface area contributed by atoms with Crippen molar-refractivity contribution in [1.82, 2.24) is 0 Å². The largest absolute Gasteiger partial charge is 0.327 e. The van der Waals surface area contributed by atoms with E-state index in [1.807, 2.05) is 0 Å². The van der Waals surface area contributed by atoms with Crippen molar-refractivity contribution in [3.05, 3.63) is 0 Å². The predicted octanol–water partition coefficient (Wildman–Crippen LogP) is 3.15. The van der Waals surface area contributed by atoms with Gasteiger partial charge in [0.2, 0.25) is 0 Å². The van der Waals surface area contributed by atoms with E-state index in [-0.39, 0.29) is 17.4 Å². The van der Waals surface area contributed by atoms with Crippen LogP contribution in [0.5, 0.6) is 0 Å². The molecule has 1 atom stereocenters. The summed E-state index contributed by atoms with van der Waals surface area (Å²) in [5, 5.41) is 0. The Bertz CT molecular complexity index is 189. The van der Waals surface area contributed by atoms with Crippen molar-refractivity contribution >= 4 is 5.78 Å². The van der Waals surface area contributed by atoms with Crippen LogP contribution in [0.4, 0.5) is 0 Å². The second kappa shape index (κ2) is 6.26. The van der Waals surface area contributed by atoms with Gasteiger partial charge in [-0.15, -0.1) is 0 Å². The number of carbonyl (C=O) groups is 1. The maximum Gasteiger partial charge on any atom is 0.137 e. The average molecular weight is 213 g/mol. The number of hydrogen-bond donors (Lipinski definition) is 1. The SMILES string of the molecule is CCC(CC)C(=O)CC(N)CC(C)(C)C. The minimum atomic E-state index is 0.0260. The standard InChI is InChI=1S/C13H27NO/c1-6-10(7-2)12(15)8-11(14)9-13(3,4)5/h10-11H,6-9,14H2,1-5H3. The monoisotopic (exact) mass is 213 g/mol. The van der Waals surface area contributed by atoms with Gasteiger partial charge < -0.3 is 5.73 Å². The van der Waals surface area contributed by atoms with Gasteiger partial charge >= 0.3 is 0 Å². The van der Waals surface area contributed by atoms with E-state index >= 15 is 0 Å². The molecular weight excluding hydrogens is 186 g/mol. The highest BCUT2D eigenvalue weighted by atomic mass is 16.1. The summed E-state index contributed by atoms with van der Waals surface area (Å²) in [4.78, 5) is 11.8. The molecule has 0 amide bonds. The summed E-state index contributed by atoms with van der Waals surface area (Å²) < 4.78 is 0. The van der Waals surface area contributed by atoms with E-state index in [0.717, 1.165) is 19.3 Å². The van der Waals surface area contributed by atoms with Gasteiger partial charge in [0.25, 0.3) is 0 Å². The highest BCUT2D eigenvalue weighted by molar-refractivity contribution is 5.81. The molecule has 0 aromatic rings. The number of carbonyl (C=O) groups excluding carboxylic acids is 1. The lowest BCUT2D eigenvalue weighted by Gasteiger charge is -2.23. The van der Waals surface area contributed by atoms with Crippen LogP contribution in [-0.2, 0) is 4.79 Å². The van der Waals surface area contributed by atoms with Crippen LogP contribution in [0.25, 0.3) is 0 Å². The number of nitrogens with two attached hydrogens (primary N) is 1. The van der Waals surface area contributed by atoms with Crippen molar-refractivity contribution in [2.45, 2.75) is 66.3 Å². The lowest BCUT2D eigenvalue weighted by Crippen LogP contribution is -2.31. The fourth-order valence-corrected chi connectivity index (χ4v) is 2.03. The lowest BCUT2D eigenvalue weighted by atomic mass is 9.84. The molecule has 0 heterocycles. The van der Waals surface area contributed by atoms with E-state index in [1.54, 1.807) is 0 Å². The molecule has 1 unspecified atom stereocenters. The van der Waals surface area contributed by atoms with Crippen LogP contribution in [-0.4, -0.2) is 11.8 Å². The molecule has 0 saturated heterocycles. The molecule has 0 fully saturated rings. The maximum absolute atomic E-state index is 11.8. The van der Waals surface area contributed by atoms with Gasteiger partial charge in [0.05, 0.1) is 0 Å². The van der Waals surface area contributed by atoms with Gasteiger partial charge in [0.1, 0.15) is 5.78 Å². The molecule has 0 bridgehead atoms. The van der Waals surface area contributed by atoms with Crippen LogP contribution in [0.3, 0.4) is 0 Å². The number of Topliss-reactive ketones (excluding diaryl/α,β-unsaturated/α-hetero) is 1. The number of rotatable bonds is 6. The zero-order chi connectivity index (χ0) is 12.1. The molecule has 2 nitrogen and oxygen atoms in total. The van der Waals surface area contributed by atoms with Gasteiger partial charge in [-0.2, -0.15) is 0 Å². The summed E-state index contributed by atoms with van der Waals surface area (Å²) in [5.41, 5.74) is 6.20. The minimum absolute atomic E-state index is 0.0260. The second-order valence-electron chi connectivity index (χ2n) is 5.71. The Kier molecular flexibility index (Phi) is 6.11. The van der Waals surface area contributed by atoms with Crippen molar-refractivity contribution in [3.8, 4) is 0 Å². The zero-order valence-electron chi connectivity index (χ0n) is 11.0. The third-order valence-corrected chi connectivity index (χ3v) is 2.78. The van der Waals surface area contributed by atoms with Gasteiger partial charge in [0, 0.05) is 18.4 Å². The van der Waals surface area contributed by atoms with E-state index in [1.165, 1.54) is 0 Å². The fraction of sp³-hybridized carbons (Fsp3) is 0.923. The smallest absolute Gasteiger partial charge is 0.137 e. The Morgan fingerprint density at radius 1 is 1.20 bits per heavy atom. The summed E-state index contributed by atoms with van der Waals surface area (Å²) in [7, 11) is 0. The first-order valence-electron chi connectivity index (χ1n) is 6.08. The van der Waals surface area contributed by atoms with Gasteiger partial charge in [-0.05, 0) is 24.7 Å². The first-order valence-corrected chi connectivity index (χ1v) is 6.08. The Labute approximate surface area is 94.6 Å². The fourth-order valence-electron chi connectivity index (χ4n) is 2.03. The van der Waals surface area contributed by atoms with E-state index < -0.39 is 0 Å². The summed E-state index contributed by atoms with van der Waals surface area (Å²) in [5.74, 6) is 0.563. The third kappa shape index (κ3) is 6.67. The van der Waals surface area contributed by atoms with E-state index in [0.29, 0.717) is 12.2 Å². The highest BCUT2D eigenvalue weighted by Crippen LogP contribution is 2.22.